The van der Waals surface area contributed by atoms with Crippen LogP contribution in [0.2, 0.25) is 0 Å². The van der Waals surface area contributed by atoms with Crippen molar-refractivity contribution in [3.05, 3.63) is 60.2 Å². The highest BCUT2D eigenvalue weighted by molar-refractivity contribution is 5.83. The Kier molecular flexibility index (Phi) is 7.74. The first kappa shape index (κ1) is 24.7. The molecule has 31 heavy (non-hydrogen) atoms. The Morgan fingerprint density at radius 3 is 2.23 bits per heavy atom. The highest BCUT2D eigenvalue weighted by Crippen LogP contribution is 2.35. The van der Waals surface area contributed by atoms with Gasteiger partial charge in [0.05, 0.1) is 11.5 Å². The number of nitrogens with zero attached hydrogens (tertiary/aromatic N) is 2. The molecule has 1 aliphatic rings. The molecule has 1 atom stereocenters. The molecule has 5 heteroatoms. The smallest absolute Gasteiger partial charge is 0.410 e. The number of benzene rings is 1. The molecular formula is C26H38N2O3. The van der Waals surface area contributed by atoms with Gasteiger partial charge in [-0.15, -0.1) is 13.2 Å². The highest BCUT2D eigenvalue weighted by Gasteiger charge is 2.41. The second kappa shape index (κ2) is 9.71. The van der Waals surface area contributed by atoms with E-state index in [1.807, 2.05) is 32.6 Å². The quantitative estimate of drug-likeness (QED) is 0.558. The average molecular weight is 427 g/mol. The van der Waals surface area contributed by atoms with Crippen LogP contribution >= 0.6 is 0 Å². The monoisotopic (exact) mass is 426 g/mol. The van der Waals surface area contributed by atoms with Crippen LogP contribution in [0, 0.1) is 19.3 Å². The summed E-state index contributed by atoms with van der Waals surface area (Å²) < 4.78 is 5.69. The van der Waals surface area contributed by atoms with Crippen LogP contribution in [-0.2, 0) is 9.53 Å². The van der Waals surface area contributed by atoms with Crippen LogP contribution in [-0.4, -0.2) is 47.0 Å². The van der Waals surface area contributed by atoms with Gasteiger partial charge in [-0.3, -0.25) is 9.69 Å². The van der Waals surface area contributed by atoms with Crippen LogP contribution in [0.4, 0.5) is 4.79 Å². The second-order valence-electron chi connectivity index (χ2n) is 9.85. The van der Waals surface area contributed by atoms with Crippen molar-refractivity contribution >= 4 is 12.0 Å². The summed E-state index contributed by atoms with van der Waals surface area (Å²) in [6.45, 7) is 20.7. The number of amides is 2. The van der Waals surface area contributed by atoms with Crippen molar-refractivity contribution in [1.82, 2.24) is 9.80 Å². The van der Waals surface area contributed by atoms with Crippen molar-refractivity contribution < 1.29 is 14.3 Å². The van der Waals surface area contributed by atoms with Crippen molar-refractivity contribution in [1.29, 1.82) is 0 Å². The lowest BCUT2D eigenvalue weighted by Gasteiger charge is -2.44. The zero-order valence-electron chi connectivity index (χ0n) is 20.0. The van der Waals surface area contributed by atoms with Crippen LogP contribution in [0.15, 0.2) is 43.5 Å². The molecule has 1 heterocycles. The third-order valence-corrected chi connectivity index (χ3v) is 5.79. The molecule has 1 saturated heterocycles. The van der Waals surface area contributed by atoms with Gasteiger partial charge in [-0.2, -0.15) is 0 Å². The van der Waals surface area contributed by atoms with Crippen molar-refractivity contribution in [2.45, 2.75) is 66.0 Å². The zero-order chi connectivity index (χ0) is 23.4. The van der Waals surface area contributed by atoms with E-state index in [0.29, 0.717) is 32.5 Å². The summed E-state index contributed by atoms with van der Waals surface area (Å²) in [5.41, 5.74) is 2.16. The van der Waals surface area contributed by atoms with E-state index < -0.39 is 11.0 Å². The predicted octanol–water partition coefficient (Wildman–Crippen LogP) is 5.58. The van der Waals surface area contributed by atoms with E-state index in [-0.39, 0.29) is 18.0 Å². The Labute approximate surface area is 187 Å². The van der Waals surface area contributed by atoms with Gasteiger partial charge in [0, 0.05) is 19.6 Å². The summed E-state index contributed by atoms with van der Waals surface area (Å²) in [7, 11) is 0. The number of carbonyl (C=O) groups is 2. The Balaban J connectivity index is 2.39. The molecule has 0 spiro atoms. The number of piperazine rings is 1. The minimum atomic E-state index is -0.580. The number of rotatable bonds is 6. The maximum Gasteiger partial charge on any atom is 0.410 e. The first-order valence-corrected chi connectivity index (χ1v) is 11.0. The van der Waals surface area contributed by atoms with E-state index in [1.54, 1.807) is 17.1 Å². The molecule has 1 aromatic carbocycles. The molecule has 1 unspecified atom stereocenters. The fourth-order valence-electron chi connectivity index (χ4n) is 4.25. The predicted molar refractivity (Wildman–Crippen MR) is 126 cm³/mol. The van der Waals surface area contributed by atoms with Gasteiger partial charge < -0.3 is 9.64 Å². The number of hydrogen-bond donors (Lipinski definition) is 0. The minimum absolute atomic E-state index is 0.0749. The topological polar surface area (TPSA) is 49.9 Å². The molecule has 2 rings (SSSR count). The van der Waals surface area contributed by atoms with Crippen molar-refractivity contribution in [2.75, 3.05) is 19.6 Å². The maximum absolute atomic E-state index is 13.5. The van der Waals surface area contributed by atoms with Crippen LogP contribution < -0.4 is 0 Å². The van der Waals surface area contributed by atoms with E-state index in [9.17, 15) is 9.59 Å². The summed E-state index contributed by atoms with van der Waals surface area (Å²) in [6, 6.07) is 5.97. The highest BCUT2D eigenvalue weighted by atomic mass is 16.6. The van der Waals surface area contributed by atoms with Gasteiger partial charge in [0.25, 0.3) is 0 Å². The standard InChI is InChI=1S/C26H38N2O3/c1-9-13-26(8,14-10-2)23(29)27-15-16-28(24(30)31-25(5,6)7)22(18-27)21-12-11-19(3)17-20(21)4/h9-12,17,22H,1-2,13-16,18H2,3-8H3. The first-order valence-electron chi connectivity index (χ1n) is 11.0. The van der Waals surface area contributed by atoms with Gasteiger partial charge in [-0.25, -0.2) is 4.79 Å². The van der Waals surface area contributed by atoms with Crippen LogP contribution in [0.1, 0.15) is 63.3 Å². The van der Waals surface area contributed by atoms with Crippen molar-refractivity contribution in [3.8, 4) is 0 Å². The van der Waals surface area contributed by atoms with Crippen LogP contribution in [0.25, 0.3) is 0 Å². The molecule has 1 fully saturated rings. The minimum Gasteiger partial charge on any atom is -0.444 e. The van der Waals surface area contributed by atoms with Crippen molar-refractivity contribution in [3.63, 3.8) is 0 Å². The third-order valence-electron chi connectivity index (χ3n) is 5.79. The van der Waals surface area contributed by atoms with E-state index in [4.69, 9.17) is 4.74 Å². The molecule has 0 aromatic heterocycles. The SMILES string of the molecule is C=CCC(C)(CC=C)C(=O)N1CCN(C(=O)OC(C)(C)C)C(c2ccc(C)cc2C)C1. The van der Waals surface area contributed by atoms with Gasteiger partial charge in [-0.05, 0) is 58.6 Å². The van der Waals surface area contributed by atoms with E-state index in [2.05, 4.69) is 45.2 Å². The normalized spacial score (nSPS) is 17.3. The lowest BCUT2D eigenvalue weighted by Crippen LogP contribution is -2.55. The van der Waals surface area contributed by atoms with Gasteiger partial charge in [0.2, 0.25) is 5.91 Å². The van der Waals surface area contributed by atoms with Crippen LogP contribution in [0.3, 0.4) is 0 Å². The fraction of sp³-hybridized carbons (Fsp3) is 0.538. The summed E-state index contributed by atoms with van der Waals surface area (Å²) >= 11 is 0. The number of carbonyl (C=O) groups excluding carboxylic acids is 2. The summed E-state index contributed by atoms with van der Waals surface area (Å²) in [6.07, 6.45) is 4.40. The Morgan fingerprint density at radius 2 is 1.71 bits per heavy atom. The molecular weight excluding hydrogens is 388 g/mol. The molecule has 170 valence electrons. The number of hydrogen-bond acceptors (Lipinski definition) is 3. The number of aryl methyl sites for hydroxylation is 2. The van der Waals surface area contributed by atoms with Gasteiger partial charge in [-0.1, -0.05) is 42.8 Å². The second-order valence-corrected chi connectivity index (χ2v) is 9.85. The van der Waals surface area contributed by atoms with Gasteiger partial charge in [0.1, 0.15) is 5.60 Å². The van der Waals surface area contributed by atoms with Crippen LogP contribution in [0.5, 0.6) is 0 Å². The maximum atomic E-state index is 13.5. The number of ether oxygens (including phenoxy) is 1. The average Bonchev–Trinajstić information content (AvgIpc) is 2.66. The molecule has 5 nitrogen and oxygen atoms in total. The lowest BCUT2D eigenvalue weighted by molar-refractivity contribution is -0.144. The Morgan fingerprint density at radius 1 is 1.10 bits per heavy atom. The molecule has 0 N–H and O–H groups in total. The van der Waals surface area contributed by atoms with Gasteiger partial charge in [0.15, 0.2) is 0 Å². The van der Waals surface area contributed by atoms with E-state index in [0.717, 1.165) is 11.1 Å². The molecule has 1 aliphatic heterocycles. The van der Waals surface area contributed by atoms with Crippen molar-refractivity contribution in [2.24, 2.45) is 5.41 Å². The fourth-order valence-corrected chi connectivity index (χ4v) is 4.25. The Bertz CT molecular complexity index is 828. The lowest BCUT2D eigenvalue weighted by atomic mass is 9.81. The van der Waals surface area contributed by atoms with E-state index >= 15 is 0 Å². The summed E-state index contributed by atoms with van der Waals surface area (Å²) in [4.78, 5) is 30.2. The number of allylic oxidation sites excluding steroid dienone is 2. The zero-order valence-corrected chi connectivity index (χ0v) is 20.0. The molecule has 0 bridgehead atoms. The Hall–Kier alpha value is -2.56. The van der Waals surface area contributed by atoms with E-state index in [1.165, 1.54) is 5.56 Å². The third kappa shape index (κ3) is 5.99. The largest absolute Gasteiger partial charge is 0.444 e. The first-order chi connectivity index (χ1) is 14.4. The summed E-state index contributed by atoms with van der Waals surface area (Å²) in [5, 5.41) is 0. The molecule has 0 saturated carbocycles. The molecule has 2 amide bonds. The molecule has 0 aliphatic carbocycles. The molecule has 0 radical (unpaired) electrons. The summed E-state index contributed by atoms with van der Waals surface area (Å²) in [5.74, 6) is 0.0749. The molecule has 1 aromatic rings. The van der Waals surface area contributed by atoms with Gasteiger partial charge >= 0.3 is 6.09 Å².